The second-order valence-electron chi connectivity index (χ2n) is 3.71. The Labute approximate surface area is 119 Å². The first-order valence-corrected chi connectivity index (χ1v) is 6.55. The first-order valence-electron chi connectivity index (χ1n) is 5.76. The van der Waals surface area contributed by atoms with E-state index in [4.69, 9.17) is 15.2 Å². The highest BCUT2D eigenvalue weighted by Gasteiger charge is 2.13. The summed E-state index contributed by atoms with van der Waals surface area (Å²) in [5.41, 5.74) is 7.30. The highest BCUT2D eigenvalue weighted by molar-refractivity contribution is 9.10. The van der Waals surface area contributed by atoms with Crippen molar-refractivity contribution >= 4 is 21.9 Å². The van der Waals surface area contributed by atoms with Crippen LogP contribution in [0.25, 0.3) is 11.3 Å². The SMILES string of the molecule is CCOc1nc(N)nc(-c2ccc(OC)cc2)c1Br. The van der Waals surface area contributed by atoms with Crippen LogP contribution in [-0.4, -0.2) is 23.7 Å². The van der Waals surface area contributed by atoms with Gasteiger partial charge < -0.3 is 15.2 Å². The third-order valence-electron chi connectivity index (χ3n) is 2.48. The molecule has 0 atom stereocenters. The number of methoxy groups -OCH3 is 1. The second-order valence-corrected chi connectivity index (χ2v) is 4.50. The summed E-state index contributed by atoms with van der Waals surface area (Å²) in [6.07, 6.45) is 0. The molecule has 2 aromatic rings. The van der Waals surface area contributed by atoms with E-state index in [1.807, 2.05) is 31.2 Å². The van der Waals surface area contributed by atoms with E-state index >= 15 is 0 Å². The fraction of sp³-hybridized carbons (Fsp3) is 0.231. The number of rotatable bonds is 4. The minimum absolute atomic E-state index is 0.178. The summed E-state index contributed by atoms with van der Waals surface area (Å²) >= 11 is 3.45. The molecular formula is C13H14BrN3O2. The van der Waals surface area contributed by atoms with Crippen molar-refractivity contribution in [3.63, 3.8) is 0 Å². The van der Waals surface area contributed by atoms with Crippen LogP contribution < -0.4 is 15.2 Å². The third-order valence-corrected chi connectivity index (χ3v) is 3.20. The number of nitrogens with zero attached hydrogens (tertiary/aromatic N) is 2. The van der Waals surface area contributed by atoms with Crippen molar-refractivity contribution in [2.75, 3.05) is 19.5 Å². The molecule has 19 heavy (non-hydrogen) atoms. The van der Waals surface area contributed by atoms with E-state index in [1.54, 1.807) is 7.11 Å². The molecule has 0 saturated heterocycles. The predicted octanol–water partition coefficient (Wildman–Crippen LogP) is 2.90. The van der Waals surface area contributed by atoms with E-state index in [2.05, 4.69) is 25.9 Å². The smallest absolute Gasteiger partial charge is 0.233 e. The predicted molar refractivity (Wildman–Crippen MR) is 77.3 cm³/mol. The van der Waals surface area contributed by atoms with Crippen LogP contribution in [0.1, 0.15) is 6.92 Å². The third kappa shape index (κ3) is 2.96. The summed E-state index contributed by atoms with van der Waals surface area (Å²) in [6.45, 7) is 2.40. The summed E-state index contributed by atoms with van der Waals surface area (Å²) in [5, 5.41) is 0. The van der Waals surface area contributed by atoms with Crippen LogP contribution >= 0.6 is 15.9 Å². The van der Waals surface area contributed by atoms with Crippen LogP contribution in [0.3, 0.4) is 0 Å². The van der Waals surface area contributed by atoms with Crippen molar-refractivity contribution in [3.8, 4) is 22.9 Å². The highest BCUT2D eigenvalue weighted by Crippen LogP contribution is 2.34. The van der Waals surface area contributed by atoms with Crippen LogP contribution in [0.5, 0.6) is 11.6 Å². The fourth-order valence-corrected chi connectivity index (χ4v) is 2.14. The maximum atomic E-state index is 5.70. The number of anilines is 1. The standard InChI is InChI=1S/C13H14BrN3O2/c1-3-19-12-10(14)11(16-13(15)17-12)8-4-6-9(18-2)7-5-8/h4-7H,3H2,1-2H3,(H2,15,16,17). The Morgan fingerprint density at radius 1 is 1.21 bits per heavy atom. The van der Waals surface area contributed by atoms with Crippen LogP contribution in [0.4, 0.5) is 5.95 Å². The van der Waals surface area contributed by atoms with Gasteiger partial charge in [-0.3, -0.25) is 0 Å². The summed E-state index contributed by atoms with van der Waals surface area (Å²) in [7, 11) is 1.63. The van der Waals surface area contributed by atoms with Gasteiger partial charge in [-0.2, -0.15) is 4.98 Å². The fourth-order valence-electron chi connectivity index (χ4n) is 1.62. The van der Waals surface area contributed by atoms with Gasteiger partial charge in [-0.15, -0.1) is 0 Å². The highest BCUT2D eigenvalue weighted by atomic mass is 79.9. The lowest BCUT2D eigenvalue weighted by Gasteiger charge is -2.10. The van der Waals surface area contributed by atoms with Crippen molar-refractivity contribution in [2.24, 2.45) is 0 Å². The average molecular weight is 324 g/mol. The van der Waals surface area contributed by atoms with Gasteiger partial charge in [0.15, 0.2) is 0 Å². The Balaban J connectivity index is 2.48. The number of nitrogens with two attached hydrogens (primary N) is 1. The van der Waals surface area contributed by atoms with E-state index in [1.165, 1.54) is 0 Å². The molecular weight excluding hydrogens is 310 g/mol. The molecule has 0 amide bonds. The number of nitrogen functional groups attached to an aromatic ring is 1. The van der Waals surface area contributed by atoms with Gasteiger partial charge in [-0.05, 0) is 47.1 Å². The van der Waals surface area contributed by atoms with E-state index < -0.39 is 0 Å². The zero-order chi connectivity index (χ0) is 13.8. The van der Waals surface area contributed by atoms with Gasteiger partial charge in [-0.25, -0.2) is 4.98 Å². The van der Waals surface area contributed by atoms with E-state index in [0.29, 0.717) is 22.7 Å². The Kier molecular flexibility index (Phi) is 4.21. The number of hydrogen-bond acceptors (Lipinski definition) is 5. The number of halogens is 1. The Morgan fingerprint density at radius 3 is 2.47 bits per heavy atom. The molecule has 2 rings (SSSR count). The van der Waals surface area contributed by atoms with E-state index in [9.17, 15) is 0 Å². The lowest BCUT2D eigenvalue weighted by molar-refractivity contribution is 0.324. The summed E-state index contributed by atoms with van der Waals surface area (Å²) in [6, 6.07) is 7.53. The van der Waals surface area contributed by atoms with Gasteiger partial charge >= 0.3 is 0 Å². The van der Waals surface area contributed by atoms with Gasteiger partial charge in [0.05, 0.1) is 19.4 Å². The van der Waals surface area contributed by atoms with Crippen LogP contribution in [-0.2, 0) is 0 Å². The van der Waals surface area contributed by atoms with Crippen LogP contribution in [0.2, 0.25) is 0 Å². The normalized spacial score (nSPS) is 10.3. The number of hydrogen-bond donors (Lipinski definition) is 1. The molecule has 100 valence electrons. The topological polar surface area (TPSA) is 70.3 Å². The van der Waals surface area contributed by atoms with Gasteiger partial charge in [0.1, 0.15) is 10.2 Å². The van der Waals surface area contributed by atoms with Crippen LogP contribution in [0.15, 0.2) is 28.7 Å². The van der Waals surface area contributed by atoms with Crippen molar-refractivity contribution < 1.29 is 9.47 Å². The Morgan fingerprint density at radius 2 is 1.89 bits per heavy atom. The minimum Gasteiger partial charge on any atom is -0.497 e. The molecule has 0 spiro atoms. The molecule has 0 unspecified atom stereocenters. The second kappa shape index (κ2) is 5.88. The molecule has 1 aromatic carbocycles. The maximum Gasteiger partial charge on any atom is 0.233 e. The molecule has 2 N–H and O–H groups in total. The number of benzene rings is 1. The molecule has 0 saturated carbocycles. The lowest BCUT2D eigenvalue weighted by atomic mass is 10.1. The molecule has 1 aromatic heterocycles. The Hall–Kier alpha value is -1.82. The molecule has 5 nitrogen and oxygen atoms in total. The van der Waals surface area contributed by atoms with Gasteiger partial charge in [0.25, 0.3) is 0 Å². The monoisotopic (exact) mass is 323 g/mol. The Bertz CT molecular complexity index is 573. The van der Waals surface area contributed by atoms with Crippen molar-refractivity contribution in [2.45, 2.75) is 6.92 Å². The molecule has 0 bridgehead atoms. The lowest BCUT2D eigenvalue weighted by Crippen LogP contribution is -2.03. The van der Waals surface area contributed by atoms with Crippen molar-refractivity contribution in [1.82, 2.24) is 9.97 Å². The molecule has 0 aliphatic carbocycles. The minimum atomic E-state index is 0.178. The van der Waals surface area contributed by atoms with Crippen molar-refractivity contribution in [1.29, 1.82) is 0 Å². The van der Waals surface area contributed by atoms with E-state index in [-0.39, 0.29) is 5.95 Å². The first-order chi connectivity index (χ1) is 9.15. The number of aromatic nitrogens is 2. The van der Waals surface area contributed by atoms with Crippen molar-refractivity contribution in [3.05, 3.63) is 28.7 Å². The average Bonchev–Trinajstić information content (AvgIpc) is 2.43. The number of ether oxygens (including phenoxy) is 2. The molecule has 0 aliphatic rings. The quantitative estimate of drug-likeness (QED) is 0.936. The molecule has 1 heterocycles. The molecule has 0 radical (unpaired) electrons. The van der Waals surface area contributed by atoms with Crippen LogP contribution in [0, 0.1) is 0 Å². The summed E-state index contributed by atoms with van der Waals surface area (Å²) in [5.74, 6) is 1.41. The molecule has 6 heteroatoms. The van der Waals surface area contributed by atoms with Gasteiger partial charge in [0.2, 0.25) is 11.8 Å². The van der Waals surface area contributed by atoms with Gasteiger partial charge in [-0.1, -0.05) is 0 Å². The molecule has 0 aliphatic heterocycles. The first kappa shape index (κ1) is 13.6. The summed E-state index contributed by atoms with van der Waals surface area (Å²) in [4.78, 5) is 8.30. The van der Waals surface area contributed by atoms with E-state index in [0.717, 1.165) is 11.3 Å². The zero-order valence-corrected chi connectivity index (χ0v) is 12.3. The largest absolute Gasteiger partial charge is 0.497 e. The maximum absolute atomic E-state index is 5.70. The zero-order valence-electron chi connectivity index (χ0n) is 10.7. The van der Waals surface area contributed by atoms with Gasteiger partial charge in [0, 0.05) is 5.56 Å². The molecule has 0 fully saturated rings. The summed E-state index contributed by atoms with van der Waals surface area (Å²) < 4.78 is 11.2.